The van der Waals surface area contributed by atoms with Crippen molar-refractivity contribution < 1.29 is 5.11 Å². The van der Waals surface area contributed by atoms with Crippen LogP contribution in [-0.2, 0) is 26.1 Å². The highest BCUT2D eigenvalue weighted by atomic mass is 16.3. The Bertz CT molecular complexity index is 296. The lowest BCUT2D eigenvalue weighted by molar-refractivity contribution is 0.267. The summed E-state index contributed by atoms with van der Waals surface area (Å²) in [5, 5.41) is 16.9. The number of hydrogen-bond donors (Lipinski definition) is 2. The van der Waals surface area contributed by atoms with Gasteiger partial charge in [0.2, 0.25) is 0 Å². The topological polar surface area (TPSA) is 50.1 Å². The number of aromatic nitrogens is 2. The van der Waals surface area contributed by atoms with Gasteiger partial charge in [-0.2, -0.15) is 5.10 Å². The minimum absolute atomic E-state index is 0.107. The van der Waals surface area contributed by atoms with E-state index in [9.17, 15) is 5.11 Å². The van der Waals surface area contributed by atoms with Gasteiger partial charge in [0.05, 0.1) is 18.0 Å². The number of aryl methyl sites for hydroxylation is 1. The third-order valence-corrected chi connectivity index (χ3v) is 2.54. The Hall–Kier alpha value is -0.870. The second-order valence-corrected chi connectivity index (χ2v) is 3.27. The molecule has 2 rings (SSSR count). The van der Waals surface area contributed by atoms with Gasteiger partial charge in [-0.25, -0.2) is 0 Å². The van der Waals surface area contributed by atoms with E-state index in [2.05, 4.69) is 10.4 Å². The van der Waals surface area contributed by atoms with Crippen LogP contribution in [0.15, 0.2) is 0 Å². The molecule has 0 fully saturated rings. The van der Waals surface area contributed by atoms with Crippen LogP contribution in [0.3, 0.4) is 0 Å². The van der Waals surface area contributed by atoms with Gasteiger partial charge in [0.25, 0.3) is 0 Å². The van der Waals surface area contributed by atoms with Gasteiger partial charge < -0.3 is 10.4 Å². The number of nitrogens with zero attached hydrogens (tertiary/aromatic N) is 2. The zero-order chi connectivity index (χ0) is 9.26. The van der Waals surface area contributed by atoms with E-state index in [1.165, 1.54) is 5.56 Å². The Morgan fingerprint density at radius 2 is 2.46 bits per heavy atom. The van der Waals surface area contributed by atoms with Crippen LogP contribution >= 0.6 is 0 Å². The van der Waals surface area contributed by atoms with E-state index in [1.807, 2.05) is 11.6 Å². The van der Waals surface area contributed by atoms with Crippen molar-refractivity contribution in [1.82, 2.24) is 15.1 Å². The predicted molar refractivity (Wildman–Crippen MR) is 49.2 cm³/mol. The van der Waals surface area contributed by atoms with Gasteiger partial charge >= 0.3 is 0 Å². The SMILES string of the molecule is CCn1nc2c(c1CO)CCNC2. The highest BCUT2D eigenvalue weighted by Gasteiger charge is 2.18. The summed E-state index contributed by atoms with van der Waals surface area (Å²) in [4.78, 5) is 0. The standard InChI is InChI=1S/C9H15N3O/c1-2-12-9(6-13)7-3-4-10-5-8(7)11-12/h10,13H,2-6H2,1H3. The lowest BCUT2D eigenvalue weighted by Crippen LogP contribution is -2.23. The Kier molecular flexibility index (Phi) is 2.33. The van der Waals surface area contributed by atoms with E-state index in [4.69, 9.17) is 0 Å². The smallest absolute Gasteiger partial charge is 0.0852 e. The van der Waals surface area contributed by atoms with E-state index in [0.717, 1.165) is 37.4 Å². The number of nitrogens with one attached hydrogen (secondary N) is 1. The Morgan fingerprint density at radius 3 is 3.15 bits per heavy atom. The van der Waals surface area contributed by atoms with Gasteiger partial charge in [-0.3, -0.25) is 4.68 Å². The number of fused-ring (bicyclic) bond motifs is 1. The first-order valence-electron chi connectivity index (χ1n) is 4.75. The zero-order valence-corrected chi connectivity index (χ0v) is 7.88. The lowest BCUT2D eigenvalue weighted by atomic mass is 10.1. The monoisotopic (exact) mass is 181 g/mol. The fourth-order valence-corrected chi connectivity index (χ4v) is 1.88. The summed E-state index contributed by atoms with van der Waals surface area (Å²) >= 11 is 0. The molecule has 1 aromatic heterocycles. The van der Waals surface area contributed by atoms with E-state index in [-0.39, 0.29) is 6.61 Å². The molecule has 2 heterocycles. The van der Waals surface area contributed by atoms with E-state index >= 15 is 0 Å². The van der Waals surface area contributed by atoms with Gasteiger partial charge in [0.1, 0.15) is 0 Å². The molecule has 4 nitrogen and oxygen atoms in total. The van der Waals surface area contributed by atoms with Crippen molar-refractivity contribution in [3.8, 4) is 0 Å². The van der Waals surface area contributed by atoms with Crippen LogP contribution in [0.25, 0.3) is 0 Å². The quantitative estimate of drug-likeness (QED) is 0.677. The molecule has 2 N–H and O–H groups in total. The first-order chi connectivity index (χ1) is 6.36. The molecule has 0 aromatic carbocycles. The van der Waals surface area contributed by atoms with Crippen LogP contribution in [0.5, 0.6) is 0 Å². The molecule has 0 saturated heterocycles. The summed E-state index contributed by atoms with van der Waals surface area (Å²) in [6.07, 6.45) is 0.991. The Morgan fingerprint density at radius 1 is 1.62 bits per heavy atom. The van der Waals surface area contributed by atoms with Crippen LogP contribution in [-0.4, -0.2) is 21.4 Å². The summed E-state index contributed by atoms with van der Waals surface area (Å²) in [7, 11) is 0. The third-order valence-electron chi connectivity index (χ3n) is 2.54. The number of hydrogen-bond acceptors (Lipinski definition) is 3. The minimum atomic E-state index is 0.107. The van der Waals surface area contributed by atoms with Crippen molar-refractivity contribution in [2.75, 3.05) is 6.54 Å². The summed E-state index contributed by atoms with van der Waals surface area (Å²) in [5.41, 5.74) is 3.36. The fraction of sp³-hybridized carbons (Fsp3) is 0.667. The average Bonchev–Trinajstić information content (AvgIpc) is 2.55. The van der Waals surface area contributed by atoms with Gasteiger partial charge in [0.15, 0.2) is 0 Å². The van der Waals surface area contributed by atoms with E-state index in [1.54, 1.807) is 0 Å². The molecule has 0 spiro atoms. The predicted octanol–water partition coefficient (Wildman–Crippen LogP) is 0.0410. The molecule has 0 bridgehead atoms. The van der Waals surface area contributed by atoms with Crippen LogP contribution in [0.4, 0.5) is 0 Å². The molecule has 0 unspecified atom stereocenters. The average molecular weight is 181 g/mol. The number of aliphatic hydroxyl groups excluding tert-OH is 1. The minimum Gasteiger partial charge on any atom is -0.390 e. The largest absolute Gasteiger partial charge is 0.390 e. The van der Waals surface area contributed by atoms with E-state index < -0.39 is 0 Å². The second-order valence-electron chi connectivity index (χ2n) is 3.27. The molecule has 0 radical (unpaired) electrons. The first-order valence-corrected chi connectivity index (χ1v) is 4.75. The normalized spacial score (nSPS) is 15.8. The van der Waals surface area contributed by atoms with Gasteiger partial charge in [-0.15, -0.1) is 0 Å². The van der Waals surface area contributed by atoms with Crippen LogP contribution in [0.1, 0.15) is 23.9 Å². The lowest BCUT2D eigenvalue weighted by Gasteiger charge is -2.11. The number of aliphatic hydroxyl groups is 1. The summed E-state index contributed by atoms with van der Waals surface area (Å²) in [5.74, 6) is 0. The van der Waals surface area contributed by atoms with Gasteiger partial charge in [0, 0.05) is 18.7 Å². The highest BCUT2D eigenvalue weighted by molar-refractivity contribution is 5.28. The highest BCUT2D eigenvalue weighted by Crippen LogP contribution is 2.17. The zero-order valence-electron chi connectivity index (χ0n) is 7.88. The van der Waals surface area contributed by atoms with Crippen molar-refractivity contribution in [2.24, 2.45) is 0 Å². The summed E-state index contributed by atoms with van der Waals surface area (Å²) in [6.45, 7) is 4.83. The molecule has 1 aromatic rings. The molecule has 4 heteroatoms. The molecule has 0 saturated carbocycles. The molecule has 72 valence electrons. The van der Waals surface area contributed by atoms with Crippen LogP contribution in [0, 0.1) is 0 Å². The molecule has 0 atom stereocenters. The van der Waals surface area contributed by atoms with Crippen LogP contribution in [0.2, 0.25) is 0 Å². The van der Waals surface area contributed by atoms with Crippen molar-refractivity contribution >= 4 is 0 Å². The maximum Gasteiger partial charge on any atom is 0.0852 e. The molecule has 13 heavy (non-hydrogen) atoms. The van der Waals surface area contributed by atoms with Crippen molar-refractivity contribution in [2.45, 2.75) is 33.0 Å². The summed E-state index contributed by atoms with van der Waals surface area (Å²) in [6, 6.07) is 0. The fourth-order valence-electron chi connectivity index (χ4n) is 1.88. The molecule has 0 amide bonds. The second kappa shape index (κ2) is 3.47. The molecular weight excluding hydrogens is 166 g/mol. The van der Waals surface area contributed by atoms with Crippen LogP contribution < -0.4 is 5.32 Å². The molecule has 0 aliphatic carbocycles. The maximum atomic E-state index is 9.21. The van der Waals surface area contributed by atoms with Crippen molar-refractivity contribution in [1.29, 1.82) is 0 Å². The number of rotatable bonds is 2. The third kappa shape index (κ3) is 1.36. The maximum absolute atomic E-state index is 9.21. The molecule has 1 aliphatic rings. The first kappa shape index (κ1) is 8.72. The molecular formula is C9H15N3O. The Balaban J connectivity index is 2.44. The van der Waals surface area contributed by atoms with Crippen molar-refractivity contribution in [3.63, 3.8) is 0 Å². The Labute approximate surface area is 77.6 Å². The van der Waals surface area contributed by atoms with Gasteiger partial charge in [-0.1, -0.05) is 0 Å². The summed E-state index contributed by atoms with van der Waals surface area (Å²) < 4.78 is 1.90. The van der Waals surface area contributed by atoms with E-state index in [0.29, 0.717) is 0 Å². The van der Waals surface area contributed by atoms with Crippen molar-refractivity contribution in [3.05, 3.63) is 17.0 Å². The molecule has 1 aliphatic heterocycles. The van der Waals surface area contributed by atoms with Gasteiger partial charge in [-0.05, 0) is 19.9 Å².